The second-order valence-corrected chi connectivity index (χ2v) is 6.09. The van der Waals surface area contributed by atoms with E-state index in [0.717, 1.165) is 29.7 Å². The van der Waals surface area contributed by atoms with Crippen LogP contribution in [0.5, 0.6) is 0 Å². The normalized spacial score (nSPS) is 19.1. The first-order valence-corrected chi connectivity index (χ1v) is 7.94. The number of carbonyl (C=O) groups excluding carboxylic acids is 1. The van der Waals surface area contributed by atoms with Crippen molar-refractivity contribution in [3.05, 3.63) is 28.2 Å². The van der Waals surface area contributed by atoms with Gasteiger partial charge in [-0.1, -0.05) is 6.07 Å². The van der Waals surface area contributed by atoms with Crippen molar-refractivity contribution >= 4 is 27.5 Å². The highest BCUT2D eigenvalue weighted by atomic mass is 79.9. The third kappa shape index (κ3) is 3.33. The topological polar surface area (TPSA) is 58.4 Å². The van der Waals surface area contributed by atoms with E-state index in [9.17, 15) is 4.79 Å². The maximum Gasteiger partial charge on any atom is 0.251 e. The van der Waals surface area contributed by atoms with Crippen molar-refractivity contribution in [3.8, 4) is 0 Å². The average molecular weight is 340 g/mol. The molecular weight excluding hydrogens is 318 g/mol. The summed E-state index contributed by atoms with van der Waals surface area (Å²) in [6, 6.07) is 6.32. The van der Waals surface area contributed by atoms with Crippen LogP contribution in [0, 0.1) is 0 Å². The molecule has 110 valence electrons. The van der Waals surface area contributed by atoms with Gasteiger partial charge in [-0.15, -0.1) is 0 Å². The smallest absolute Gasteiger partial charge is 0.251 e. The maximum absolute atomic E-state index is 11.8. The Morgan fingerprint density at radius 3 is 3.00 bits per heavy atom. The Morgan fingerprint density at radius 1 is 1.50 bits per heavy atom. The quantitative estimate of drug-likeness (QED) is 0.866. The molecule has 5 heteroatoms. The molecule has 0 aromatic heterocycles. The van der Waals surface area contributed by atoms with E-state index in [2.05, 4.69) is 26.1 Å². The molecule has 1 fully saturated rings. The summed E-state index contributed by atoms with van der Waals surface area (Å²) in [5.74, 6) is -0.370. The number of hydrogen-bond acceptors (Lipinski definition) is 3. The van der Waals surface area contributed by atoms with Crippen LogP contribution in [0.4, 0.5) is 5.69 Å². The summed E-state index contributed by atoms with van der Waals surface area (Å²) in [4.78, 5) is 14.1. The largest absolute Gasteiger partial charge is 0.368 e. The van der Waals surface area contributed by atoms with Crippen LogP contribution in [0.2, 0.25) is 0 Å². The molecule has 1 atom stereocenters. The lowest BCUT2D eigenvalue weighted by Gasteiger charge is -2.38. The van der Waals surface area contributed by atoms with Crippen LogP contribution in [0.3, 0.4) is 0 Å². The van der Waals surface area contributed by atoms with Crippen molar-refractivity contribution in [1.29, 1.82) is 0 Å². The number of benzene rings is 1. The van der Waals surface area contributed by atoms with Crippen LogP contribution in [0.1, 0.15) is 36.0 Å². The summed E-state index contributed by atoms with van der Waals surface area (Å²) < 4.78 is 0.778. The Hall–Kier alpha value is -1.07. The van der Waals surface area contributed by atoms with Crippen molar-refractivity contribution < 1.29 is 4.79 Å². The summed E-state index contributed by atoms with van der Waals surface area (Å²) in [5.41, 5.74) is 7.13. The van der Waals surface area contributed by atoms with E-state index in [1.54, 1.807) is 0 Å². The maximum atomic E-state index is 11.8. The molecule has 4 nitrogen and oxygen atoms in total. The van der Waals surface area contributed by atoms with Gasteiger partial charge in [0.15, 0.2) is 0 Å². The van der Waals surface area contributed by atoms with Crippen molar-refractivity contribution in [1.82, 2.24) is 5.32 Å². The number of anilines is 1. The zero-order valence-corrected chi connectivity index (χ0v) is 13.4. The predicted octanol–water partition coefficient (Wildman–Crippen LogP) is 2.52. The van der Waals surface area contributed by atoms with Gasteiger partial charge >= 0.3 is 0 Å². The fourth-order valence-electron chi connectivity index (χ4n) is 2.92. The Balaban J connectivity index is 2.32. The SMILES string of the molecule is CNCCC1CCCCN1c1cccc(Br)c1C(N)=O. The van der Waals surface area contributed by atoms with E-state index in [-0.39, 0.29) is 5.91 Å². The first kappa shape index (κ1) is 15.3. The number of rotatable bonds is 5. The number of halogens is 1. The van der Waals surface area contributed by atoms with Gasteiger partial charge < -0.3 is 16.0 Å². The van der Waals surface area contributed by atoms with Crippen LogP contribution in [0.15, 0.2) is 22.7 Å². The first-order chi connectivity index (χ1) is 9.65. The molecule has 0 bridgehead atoms. The lowest BCUT2D eigenvalue weighted by Crippen LogP contribution is -2.42. The molecule has 1 aromatic carbocycles. The summed E-state index contributed by atoms with van der Waals surface area (Å²) >= 11 is 3.45. The molecule has 1 aliphatic rings. The summed E-state index contributed by atoms with van der Waals surface area (Å²) in [7, 11) is 1.97. The molecule has 1 heterocycles. The standard InChI is InChI=1S/C15H22BrN3O/c1-18-9-8-11-5-2-3-10-19(11)13-7-4-6-12(16)14(13)15(17)20/h4,6-7,11,18H,2-3,5,8-10H2,1H3,(H2,17,20). The van der Waals surface area contributed by atoms with Crippen molar-refractivity contribution in [2.75, 3.05) is 25.0 Å². The van der Waals surface area contributed by atoms with Crippen LogP contribution in [0.25, 0.3) is 0 Å². The molecule has 0 saturated carbocycles. The Bertz CT molecular complexity index is 478. The highest BCUT2D eigenvalue weighted by Gasteiger charge is 2.26. The number of carbonyl (C=O) groups is 1. The summed E-state index contributed by atoms with van der Waals surface area (Å²) in [6.07, 6.45) is 4.68. The lowest BCUT2D eigenvalue weighted by atomic mass is 9.97. The molecule has 1 saturated heterocycles. The number of hydrogen-bond donors (Lipinski definition) is 2. The van der Waals surface area contributed by atoms with Gasteiger partial charge in [-0.05, 0) is 67.3 Å². The fraction of sp³-hybridized carbons (Fsp3) is 0.533. The van der Waals surface area contributed by atoms with E-state index >= 15 is 0 Å². The zero-order chi connectivity index (χ0) is 14.5. The number of amides is 1. The van der Waals surface area contributed by atoms with Crippen molar-refractivity contribution in [2.45, 2.75) is 31.7 Å². The minimum Gasteiger partial charge on any atom is -0.368 e. The minimum absolute atomic E-state index is 0.370. The molecule has 2 rings (SSSR count). The van der Waals surface area contributed by atoms with Crippen LogP contribution < -0.4 is 16.0 Å². The second-order valence-electron chi connectivity index (χ2n) is 5.23. The molecule has 0 radical (unpaired) electrons. The first-order valence-electron chi connectivity index (χ1n) is 7.14. The number of primary amides is 1. The van der Waals surface area contributed by atoms with E-state index < -0.39 is 0 Å². The van der Waals surface area contributed by atoms with Crippen molar-refractivity contribution in [3.63, 3.8) is 0 Å². The molecule has 0 aliphatic carbocycles. The third-order valence-corrected chi connectivity index (χ3v) is 4.56. The van der Waals surface area contributed by atoms with Crippen LogP contribution >= 0.6 is 15.9 Å². The van der Waals surface area contributed by atoms with Gasteiger partial charge in [-0.2, -0.15) is 0 Å². The van der Waals surface area contributed by atoms with Gasteiger partial charge in [0.2, 0.25) is 0 Å². The minimum atomic E-state index is -0.370. The molecule has 1 amide bonds. The van der Waals surface area contributed by atoms with Gasteiger partial charge in [0, 0.05) is 17.1 Å². The van der Waals surface area contributed by atoms with Crippen molar-refractivity contribution in [2.24, 2.45) is 5.73 Å². The monoisotopic (exact) mass is 339 g/mol. The number of nitrogens with zero attached hydrogens (tertiary/aromatic N) is 1. The number of piperidine rings is 1. The lowest BCUT2D eigenvalue weighted by molar-refractivity contribution is 0.1000. The zero-order valence-electron chi connectivity index (χ0n) is 11.9. The summed E-state index contributed by atoms with van der Waals surface area (Å²) in [5, 5.41) is 3.21. The molecule has 3 N–H and O–H groups in total. The van der Waals surface area contributed by atoms with E-state index in [1.807, 2.05) is 25.2 Å². The highest BCUT2D eigenvalue weighted by Crippen LogP contribution is 2.32. The van der Waals surface area contributed by atoms with E-state index in [0.29, 0.717) is 11.6 Å². The fourth-order valence-corrected chi connectivity index (χ4v) is 3.48. The van der Waals surface area contributed by atoms with Gasteiger partial charge in [0.05, 0.1) is 11.3 Å². The number of nitrogens with one attached hydrogen (secondary N) is 1. The molecule has 1 aliphatic heterocycles. The molecule has 1 unspecified atom stereocenters. The number of nitrogens with two attached hydrogens (primary N) is 1. The van der Waals surface area contributed by atoms with E-state index in [4.69, 9.17) is 5.73 Å². The van der Waals surface area contributed by atoms with Crippen LogP contribution in [-0.2, 0) is 0 Å². The Kier molecular flexibility index (Phi) is 5.43. The van der Waals surface area contributed by atoms with Gasteiger partial charge in [0.25, 0.3) is 5.91 Å². The Morgan fingerprint density at radius 2 is 2.30 bits per heavy atom. The van der Waals surface area contributed by atoms with Gasteiger partial charge in [0.1, 0.15) is 0 Å². The van der Waals surface area contributed by atoms with Crippen LogP contribution in [-0.4, -0.2) is 32.1 Å². The molecule has 1 aromatic rings. The molecule has 0 spiro atoms. The van der Waals surface area contributed by atoms with Gasteiger partial charge in [-0.3, -0.25) is 4.79 Å². The highest BCUT2D eigenvalue weighted by molar-refractivity contribution is 9.10. The average Bonchev–Trinajstić information content (AvgIpc) is 2.44. The molecule has 20 heavy (non-hydrogen) atoms. The second kappa shape index (κ2) is 7.09. The molecular formula is C15H22BrN3O. The predicted molar refractivity (Wildman–Crippen MR) is 86.2 cm³/mol. The summed E-state index contributed by atoms with van der Waals surface area (Å²) in [6.45, 7) is 1.98. The Labute approximate surface area is 128 Å². The van der Waals surface area contributed by atoms with Gasteiger partial charge in [-0.25, -0.2) is 0 Å². The third-order valence-electron chi connectivity index (χ3n) is 3.90. The van der Waals surface area contributed by atoms with E-state index in [1.165, 1.54) is 19.3 Å².